The summed E-state index contributed by atoms with van der Waals surface area (Å²) < 4.78 is 0. The lowest BCUT2D eigenvalue weighted by atomic mass is 10.1. The first-order chi connectivity index (χ1) is 14.1. The fourth-order valence-electron chi connectivity index (χ4n) is 3.61. The van der Waals surface area contributed by atoms with Gasteiger partial charge in [-0.3, -0.25) is 4.90 Å². The van der Waals surface area contributed by atoms with E-state index >= 15 is 0 Å². The molecule has 1 unspecified atom stereocenters. The minimum absolute atomic E-state index is 0. The quantitative estimate of drug-likeness (QED) is 0.292. The predicted molar refractivity (Wildman–Crippen MR) is 135 cm³/mol. The van der Waals surface area contributed by atoms with Gasteiger partial charge in [0.25, 0.3) is 0 Å². The zero-order valence-corrected chi connectivity index (χ0v) is 20.4. The highest BCUT2D eigenvalue weighted by atomic mass is 127. The van der Waals surface area contributed by atoms with Crippen molar-refractivity contribution in [3.05, 3.63) is 71.3 Å². The molecule has 30 heavy (non-hydrogen) atoms. The molecule has 1 saturated heterocycles. The van der Waals surface area contributed by atoms with Crippen LogP contribution in [0, 0.1) is 0 Å². The van der Waals surface area contributed by atoms with Crippen molar-refractivity contribution in [1.29, 1.82) is 0 Å². The van der Waals surface area contributed by atoms with Crippen molar-refractivity contribution in [3.63, 3.8) is 0 Å². The second-order valence-electron chi connectivity index (χ2n) is 7.80. The first-order valence-corrected chi connectivity index (χ1v) is 10.7. The number of piperidine rings is 1. The van der Waals surface area contributed by atoms with Crippen LogP contribution in [0.3, 0.4) is 0 Å². The van der Waals surface area contributed by atoms with Crippen LogP contribution in [0.15, 0.2) is 59.6 Å². The zero-order valence-electron chi connectivity index (χ0n) is 18.1. The molecule has 2 aromatic carbocycles. The highest BCUT2D eigenvalue weighted by Crippen LogP contribution is 2.15. The number of aliphatic imine (C=N–C) groups is 1. The van der Waals surface area contributed by atoms with E-state index in [-0.39, 0.29) is 36.1 Å². The summed E-state index contributed by atoms with van der Waals surface area (Å²) in [6.07, 6.45) is 1.65. The summed E-state index contributed by atoms with van der Waals surface area (Å²) in [4.78, 5) is 7.17. The van der Waals surface area contributed by atoms with Gasteiger partial charge < -0.3 is 15.7 Å². The number of hydrogen-bond donors (Lipinski definition) is 3. The average molecular weight is 522 g/mol. The molecule has 0 aromatic heterocycles. The molecule has 3 rings (SSSR count). The van der Waals surface area contributed by atoms with Crippen molar-refractivity contribution >= 4 is 29.9 Å². The molecule has 3 N–H and O–H groups in total. The molecule has 6 heteroatoms. The second-order valence-corrected chi connectivity index (χ2v) is 7.80. The Morgan fingerprint density at radius 1 is 1.07 bits per heavy atom. The summed E-state index contributed by atoms with van der Waals surface area (Å²) in [5.74, 6) is 0.833. The third kappa shape index (κ3) is 7.89. The van der Waals surface area contributed by atoms with Crippen LogP contribution in [0.2, 0.25) is 0 Å². The van der Waals surface area contributed by atoms with E-state index in [1.54, 1.807) is 0 Å². The molecule has 1 fully saturated rings. The molecule has 0 bridgehead atoms. The summed E-state index contributed by atoms with van der Waals surface area (Å²) in [6, 6.07) is 19.3. The molecular weight excluding hydrogens is 487 g/mol. The number of guanidine groups is 1. The lowest BCUT2D eigenvalue weighted by molar-refractivity contribution is 0.0792. The molecule has 1 aliphatic rings. The van der Waals surface area contributed by atoms with Crippen molar-refractivity contribution < 1.29 is 5.11 Å². The molecule has 164 valence electrons. The van der Waals surface area contributed by atoms with Gasteiger partial charge in [-0.05, 0) is 43.4 Å². The topological polar surface area (TPSA) is 59.9 Å². The molecule has 0 radical (unpaired) electrons. The summed E-state index contributed by atoms with van der Waals surface area (Å²) >= 11 is 0. The summed E-state index contributed by atoms with van der Waals surface area (Å²) in [5.41, 5.74) is 3.76. The van der Waals surface area contributed by atoms with Gasteiger partial charge in [0.1, 0.15) is 0 Å². The average Bonchev–Trinajstić information content (AvgIpc) is 2.75. The normalized spacial score (nSPS) is 16.6. The molecule has 0 saturated carbocycles. The van der Waals surface area contributed by atoms with Gasteiger partial charge in [-0.2, -0.15) is 0 Å². The van der Waals surface area contributed by atoms with Crippen LogP contribution >= 0.6 is 24.0 Å². The molecule has 1 aliphatic heterocycles. The number of aliphatic hydroxyl groups is 1. The van der Waals surface area contributed by atoms with E-state index in [2.05, 4.69) is 77.9 Å². The first kappa shape index (κ1) is 24.6. The SMILES string of the molecule is CCNC(=NCc1ccc(CN2CCC(O)CC2)cc1)NC(C)c1ccccc1.I. The van der Waals surface area contributed by atoms with Crippen LogP contribution in [0.25, 0.3) is 0 Å². The maximum absolute atomic E-state index is 9.64. The third-order valence-corrected chi connectivity index (χ3v) is 5.40. The van der Waals surface area contributed by atoms with Gasteiger partial charge in [-0.15, -0.1) is 24.0 Å². The van der Waals surface area contributed by atoms with E-state index in [0.717, 1.165) is 45.0 Å². The van der Waals surface area contributed by atoms with Gasteiger partial charge >= 0.3 is 0 Å². The number of likely N-dealkylation sites (tertiary alicyclic amines) is 1. The van der Waals surface area contributed by atoms with Gasteiger partial charge in [0.2, 0.25) is 0 Å². The summed E-state index contributed by atoms with van der Waals surface area (Å²) in [5, 5.41) is 16.5. The lowest BCUT2D eigenvalue weighted by Gasteiger charge is -2.29. The van der Waals surface area contributed by atoms with Gasteiger partial charge in [-0.1, -0.05) is 54.6 Å². The van der Waals surface area contributed by atoms with Crippen molar-refractivity contribution in [2.75, 3.05) is 19.6 Å². The van der Waals surface area contributed by atoms with E-state index in [4.69, 9.17) is 4.99 Å². The minimum Gasteiger partial charge on any atom is -0.393 e. The third-order valence-electron chi connectivity index (χ3n) is 5.40. The Morgan fingerprint density at radius 3 is 2.33 bits per heavy atom. The summed E-state index contributed by atoms with van der Waals surface area (Å²) in [7, 11) is 0. The maximum Gasteiger partial charge on any atom is 0.192 e. The zero-order chi connectivity index (χ0) is 20.5. The smallest absolute Gasteiger partial charge is 0.192 e. The number of aliphatic hydroxyl groups excluding tert-OH is 1. The Hall–Kier alpha value is -1.64. The number of hydrogen-bond acceptors (Lipinski definition) is 3. The monoisotopic (exact) mass is 522 g/mol. The molecule has 1 atom stereocenters. The van der Waals surface area contributed by atoms with E-state index in [1.807, 2.05) is 6.07 Å². The van der Waals surface area contributed by atoms with Crippen LogP contribution in [-0.2, 0) is 13.1 Å². The molecule has 0 aliphatic carbocycles. The lowest BCUT2D eigenvalue weighted by Crippen LogP contribution is -2.38. The standard InChI is InChI=1S/C24H34N4O.HI/c1-3-25-24(27-19(2)22-7-5-4-6-8-22)26-17-20-9-11-21(12-10-20)18-28-15-13-23(29)14-16-28;/h4-12,19,23,29H,3,13-18H2,1-2H3,(H2,25,26,27);1H. The first-order valence-electron chi connectivity index (χ1n) is 10.7. The molecular formula is C24H35IN4O. The van der Waals surface area contributed by atoms with E-state index < -0.39 is 0 Å². The van der Waals surface area contributed by atoms with Crippen molar-refractivity contribution in [2.45, 2.75) is 51.9 Å². The van der Waals surface area contributed by atoms with E-state index in [1.165, 1.54) is 16.7 Å². The Labute approximate surface area is 198 Å². The molecule has 0 amide bonds. The van der Waals surface area contributed by atoms with Crippen molar-refractivity contribution in [3.8, 4) is 0 Å². The van der Waals surface area contributed by atoms with Gasteiger partial charge in [0, 0.05) is 26.2 Å². The van der Waals surface area contributed by atoms with Crippen molar-refractivity contribution in [2.24, 2.45) is 4.99 Å². The van der Waals surface area contributed by atoms with Crippen LogP contribution in [0.1, 0.15) is 49.4 Å². The van der Waals surface area contributed by atoms with Gasteiger partial charge in [0.15, 0.2) is 5.96 Å². The summed E-state index contributed by atoms with van der Waals surface area (Å²) in [6.45, 7) is 8.61. The van der Waals surface area contributed by atoms with E-state index in [9.17, 15) is 5.11 Å². The van der Waals surface area contributed by atoms with E-state index in [0.29, 0.717) is 6.54 Å². The Kier molecular flexibility index (Phi) is 10.6. The Bertz CT molecular complexity index is 759. The number of benzene rings is 2. The molecule has 1 heterocycles. The fraction of sp³-hybridized carbons (Fsp3) is 0.458. The predicted octanol–water partition coefficient (Wildman–Crippen LogP) is 4.08. The highest BCUT2D eigenvalue weighted by molar-refractivity contribution is 14.0. The second kappa shape index (κ2) is 12.9. The number of nitrogens with zero attached hydrogens (tertiary/aromatic N) is 2. The van der Waals surface area contributed by atoms with Gasteiger partial charge in [-0.25, -0.2) is 4.99 Å². The largest absolute Gasteiger partial charge is 0.393 e. The minimum atomic E-state index is -0.115. The fourth-order valence-corrected chi connectivity index (χ4v) is 3.61. The number of rotatable bonds is 7. The molecule has 5 nitrogen and oxygen atoms in total. The van der Waals surface area contributed by atoms with Crippen molar-refractivity contribution in [1.82, 2.24) is 15.5 Å². The number of nitrogens with one attached hydrogen (secondary N) is 2. The van der Waals surface area contributed by atoms with Crippen LogP contribution in [0.5, 0.6) is 0 Å². The maximum atomic E-state index is 9.64. The van der Waals surface area contributed by atoms with Crippen LogP contribution < -0.4 is 10.6 Å². The Balaban J connectivity index is 0.00000320. The Morgan fingerprint density at radius 2 is 1.70 bits per heavy atom. The molecule has 2 aromatic rings. The van der Waals surface area contributed by atoms with Crippen LogP contribution in [0.4, 0.5) is 0 Å². The number of halogens is 1. The molecule has 0 spiro atoms. The van der Waals surface area contributed by atoms with Crippen LogP contribution in [-0.4, -0.2) is 41.7 Å². The van der Waals surface area contributed by atoms with Gasteiger partial charge in [0.05, 0.1) is 18.7 Å². The highest BCUT2D eigenvalue weighted by Gasteiger charge is 2.16.